The van der Waals surface area contributed by atoms with Crippen molar-refractivity contribution in [3.05, 3.63) is 52.3 Å². The third kappa shape index (κ3) is 3.84. The average Bonchev–Trinajstić information content (AvgIpc) is 2.63. The molecule has 0 aliphatic carbocycles. The molecule has 0 aliphatic heterocycles. The van der Waals surface area contributed by atoms with Crippen molar-refractivity contribution in [2.75, 3.05) is 5.73 Å². The zero-order chi connectivity index (χ0) is 19.6. The zero-order valence-corrected chi connectivity index (χ0v) is 16.0. The topological polar surface area (TPSA) is 73.8 Å². The van der Waals surface area contributed by atoms with Gasteiger partial charge in [-0.1, -0.05) is 33.6 Å². The SMILES string of the molecule is CCCCCn1ccc2cc(-c3ncc(C(C)C)c(N)n3)c(F)cc2c1=O. The van der Waals surface area contributed by atoms with E-state index in [1.807, 2.05) is 19.9 Å². The lowest BCUT2D eigenvalue weighted by molar-refractivity contribution is 0.590. The maximum Gasteiger partial charge on any atom is 0.258 e. The normalized spacial score (nSPS) is 11.4. The largest absolute Gasteiger partial charge is 0.383 e. The Morgan fingerprint density at radius 1 is 1.26 bits per heavy atom. The van der Waals surface area contributed by atoms with Crippen molar-refractivity contribution in [1.29, 1.82) is 0 Å². The predicted octanol–water partition coefficient (Wildman–Crippen LogP) is 4.49. The zero-order valence-electron chi connectivity index (χ0n) is 16.0. The molecule has 2 heterocycles. The molecule has 1 aromatic carbocycles. The van der Waals surface area contributed by atoms with Crippen molar-refractivity contribution in [3.63, 3.8) is 0 Å². The number of nitrogen functional groups attached to an aromatic ring is 1. The molecule has 0 spiro atoms. The first-order valence-electron chi connectivity index (χ1n) is 9.37. The second-order valence-corrected chi connectivity index (χ2v) is 7.13. The van der Waals surface area contributed by atoms with E-state index in [0.29, 0.717) is 23.1 Å². The van der Waals surface area contributed by atoms with E-state index in [1.165, 1.54) is 6.07 Å². The Kier molecular flexibility index (Phi) is 5.54. The molecular formula is C21H25FN4O. The predicted molar refractivity (Wildman–Crippen MR) is 107 cm³/mol. The lowest BCUT2D eigenvalue weighted by Crippen LogP contribution is -2.19. The van der Waals surface area contributed by atoms with Gasteiger partial charge in [0, 0.05) is 24.5 Å². The molecule has 0 saturated carbocycles. The van der Waals surface area contributed by atoms with Crippen LogP contribution in [-0.4, -0.2) is 14.5 Å². The Morgan fingerprint density at radius 2 is 2.04 bits per heavy atom. The van der Waals surface area contributed by atoms with Gasteiger partial charge < -0.3 is 10.3 Å². The lowest BCUT2D eigenvalue weighted by Gasteiger charge is -2.11. The van der Waals surface area contributed by atoms with Gasteiger partial charge in [0.25, 0.3) is 5.56 Å². The molecule has 2 aromatic heterocycles. The number of hydrogen-bond donors (Lipinski definition) is 1. The third-order valence-electron chi connectivity index (χ3n) is 4.78. The van der Waals surface area contributed by atoms with Crippen molar-refractivity contribution < 1.29 is 4.39 Å². The summed E-state index contributed by atoms with van der Waals surface area (Å²) in [7, 11) is 0. The van der Waals surface area contributed by atoms with Crippen LogP contribution in [0.2, 0.25) is 0 Å². The summed E-state index contributed by atoms with van der Waals surface area (Å²) in [5.74, 6) is 0.235. The number of hydrogen-bond acceptors (Lipinski definition) is 4. The summed E-state index contributed by atoms with van der Waals surface area (Å²) in [6.07, 6.45) is 6.47. The van der Waals surface area contributed by atoms with Crippen molar-refractivity contribution >= 4 is 16.6 Å². The van der Waals surface area contributed by atoms with Crippen LogP contribution in [0.25, 0.3) is 22.2 Å². The Balaban J connectivity index is 2.04. The monoisotopic (exact) mass is 368 g/mol. The second kappa shape index (κ2) is 7.86. The number of halogens is 1. The van der Waals surface area contributed by atoms with E-state index >= 15 is 0 Å². The molecule has 0 fully saturated rings. The molecule has 142 valence electrons. The third-order valence-corrected chi connectivity index (χ3v) is 4.78. The number of nitrogens with two attached hydrogens (primary N) is 1. The van der Waals surface area contributed by atoms with Gasteiger partial charge in [-0.15, -0.1) is 0 Å². The maximum atomic E-state index is 14.7. The van der Waals surface area contributed by atoms with Gasteiger partial charge in [-0.3, -0.25) is 4.79 Å². The summed E-state index contributed by atoms with van der Waals surface area (Å²) in [6.45, 7) is 6.75. The first kappa shape index (κ1) is 19.0. The molecule has 3 aromatic rings. The number of benzene rings is 1. The molecule has 6 heteroatoms. The van der Waals surface area contributed by atoms with Crippen LogP contribution in [0.5, 0.6) is 0 Å². The number of aromatic nitrogens is 3. The van der Waals surface area contributed by atoms with Gasteiger partial charge in [-0.2, -0.15) is 0 Å². The minimum atomic E-state index is -0.525. The van der Waals surface area contributed by atoms with Crippen LogP contribution in [0.4, 0.5) is 10.2 Å². The van der Waals surface area contributed by atoms with E-state index in [4.69, 9.17) is 5.73 Å². The van der Waals surface area contributed by atoms with Gasteiger partial charge in [0.1, 0.15) is 11.6 Å². The van der Waals surface area contributed by atoms with Gasteiger partial charge in [-0.05, 0) is 35.9 Å². The van der Waals surface area contributed by atoms with Crippen molar-refractivity contribution in [2.24, 2.45) is 0 Å². The molecule has 27 heavy (non-hydrogen) atoms. The van der Waals surface area contributed by atoms with Crippen LogP contribution in [0, 0.1) is 5.82 Å². The first-order chi connectivity index (χ1) is 12.9. The van der Waals surface area contributed by atoms with Crippen LogP contribution in [0.1, 0.15) is 51.5 Å². The van der Waals surface area contributed by atoms with E-state index in [2.05, 4.69) is 16.9 Å². The fraction of sp³-hybridized carbons (Fsp3) is 0.381. The fourth-order valence-electron chi connectivity index (χ4n) is 3.16. The molecule has 0 bridgehead atoms. The number of nitrogens with zero attached hydrogens (tertiary/aromatic N) is 3. The summed E-state index contributed by atoms with van der Waals surface area (Å²) >= 11 is 0. The van der Waals surface area contributed by atoms with Crippen LogP contribution in [0.15, 0.2) is 35.4 Å². The Labute approximate surface area is 158 Å². The average molecular weight is 368 g/mol. The van der Waals surface area contributed by atoms with Gasteiger partial charge in [0.15, 0.2) is 5.82 Å². The van der Waals surface area contributed by atoms with Gasteiger partial charge in [0.05, 0.1) is 10.9 Å². The smallest absolute Gasteiger partial charge is 0.258 e. The summed E-state index contributed by atoms with van der Waals surface area (Å²) in [6, 6.07) is 4.73. The van der Waals surface area contributed by atoms with Crippen molar-refractivity contribution in [2.45, 2.75) is 52.5 Å². The van der Waals surface area contributed by atoms with Crippen molar-refractivity contribution in [1.82, 2.24) is 14.5 Å². The first-order valence-corrected chi connectivity index (χ1v) is 9.37. The van der Waals surface area contributed by atoms with Crippen LogP contribution in [0.3, 0.4) is 0 Å². The Bertz CT molecular complexity index is 1030. The highest BCUT2D eigenvalue weighted by atomic mass is 19.1. The highest BCUT2D eigenvalue weighted by molar-refractivity contribution is 5.86. The summed E-state index contributed by atoms with van der Waals surface area (Å²) in [5, 5.41) is 1.03. The molecule has 0 radical (unpaired) electrons. The quantitative estimate of drug-likeness (QED) is 0.651. The summed E-state index contributed by atoms with van der Waals surface area (Å²) in [4.78, 5) is 21.2. The molecule has 5 nitrogen and oxygen atoms in total. The van der Waals surface area contributed by atoms with Gasteiger partial charge in [0.2, 0.25) is 0 Å². The molecule has 0 unspecified atom stereocenters. The molecule has 0 amide bonds. The van der Waals surface area contributed by atoms with E-state index in [0.717, 1.165) is 24.8 Å². The van der Waals surface area contributed by atoms with Gasteiger partial charge >= 0.3 is 0 Å². The summed E-state index contributed by atoms with van der Waals surface area (Å²) in [5.41, 5.74) is 6.89. The standard InChI is InChI=1S/C21H25FN4O/c1-4-5-6-8-26-9-7-14-10-16(18(22)11-15(14)21(26)27)20-24-12-17(13(2)3)19(23)25-20/h7,9-13H,4-6,8H2,1-3H3,(H2,23,24,25). The molecule has 0 aliphatic rings. The Hall–Kier alpha value is -2.76. The van der Waals surface area contributed by atoms with Crippen LogP contribution >= 0.6 is 0 Å². The van der Waals surface area contributed by atoms with E-state index in [-0.39, 0.29) is 22.9 Å². The molecule has 0 atom stereocenters. The maximum absolute atomic E-state index is 14.7. The number of aryl methyl sites for hydroxylation is 1. The van der Waals surface area contributed by atoms with E-state index in [1.54, 1.807) is 23.0 Å². The number of rotatable bonds is 6. The fourth-order valence-corrected chi connectivity index (χ4v) is 3.16. The second-order valence-electron chi connectivity index (χ2n) is 7.13. The Morgan fingerprint density at radius 3 is 2.70 bits per heavy atom. The van der Waals surface area contributed by atoms with Crippen LogP contribution in [-0.2, 0) is 6.54 Å². The van der Waals surface area contributed by atoms with Crippen LogP contribution < -0.4 is 11.3 Å². The highest BCUT2D eigenvalue weighted by Crippen LogP contribution is 2.27. The lowest BCUT2D eigenvalue weighted by atomic mass is 10.0. The minimum Gasteiger partial charge on any atom is -0.383 e. The van der Waals surface area contributed by atoms with Crippen molar-refractivity contribution in [3.8, 4) is 11.4 Å². The molecule has 3 rings (SSSR count). The summed E-state index contributed by atoms with van der Waals surface area (Å²) < 4.78 is 16.4. The molecule has 2 N–H and O–H groups in total. The van der Waals surface area contributed by atoms with E-state index in [9.17, 15) is 9.18 Å². The van der Waals surface area contributed by atoms with E-state index < -0.39 is 5.82 Å². The highest BCUT2D eigenvalue weighted by Gasteiger charge is 2.15. The number of unbranched alkanes of at least 4 members (excludes halogenated alkanes) is 2. The minimum absolute atomic E-state index is 0.176. The number of pyridine rings is 1. The van der Waals surface area contributed by atoms with Gasteiger partial charge in [-0.25, -0.2) is 14.4 Å². The number of fused-ring (bicyclic) bond motifs is 1. The number of anilines is 1. The molecular weight excluding hydrogens is 343 g/mol. The molecule has 0 saturated heterocycles.